The molecule has 0 bridgehead atoms. The van der Waals surface area contributed by atoms with Crippen LogP contribution >= 0.6 is 0 Å². The number of nitrogens with one attached hydrogen (secondary N) is 1. The van der Waals surface area contributed by atoms with E-state index < -0.39 is 0 Å². The number of piperidine rings is 1. The zero-order valence-corrected chi connectivity index (χ0v) is 10.2. The summed E-state index contributed by atoms with van der Waals surface area (Å²) in [6.07, 6.45) is 4.59. The van der Waals surface area contributed by atoms with Crippen LogP contribution in [0.1, 0.15) is 24.1 Å². The first-order valence-corrected chi connectivity index (χ1v) is 6.08. The highest BCUT2D eigenvalue weighted by molar-refractivity contribution is 5.13. The van der Waals surface area contributed by atoms with Crippen molar-refractivity contribution in [3.8, 4) is 0 Å². The summed E-state index contributed by atoms with van der Waals surface area (Å²) in [5.41, 5.74) is 2.39. The molecule has 1 aliphatic heterocycles. The van der Waals surface area contributed by atoms with Crippen molar-refractivity contribution in [2.24, 2.45) is 0 Å². The molecule has 1 fully saturated rings. The minimum atomic E-state index is 0.676. The van der Waals surface area contributed by atoms with Crippen LogP contribution in [0.15, 0.2) is 18.3 Å². The molecule has 0 saturated carbocycles. The van der Waals surface area contributed by atoms with E-state index in [9.17, 15) is 0 Å². The van der Waals surface area contributed by atoms with Gasteiger partial charge in [-0.2, -0.15) is 0 Å². The molecule has 1 unspecified atom stereocenters. The van der Waals surface area contributed by atoms with E-state index in [0.717, 1.165) is 18.8 Å². The second-order valence-corrected chi connectivity index (χ2v) is 4.72. The van der Waals surface area contributed by atoms with Crippen LogP contribution in [0.3, 0.4) is 0 Å². The van der Waals surface area contributed by atoms with Gasteiger partial charge in [0, 0.05) is 31.0 Å². The molecule has 16 heavy (non-hydrogen) atoms. The molecule has 88 valence electrons. The number of hydrogen-bond donors (Lipinski definition) is 1. The number of nitrogens with zero attached hydrogens (tertiary/aromatic N) is 2. The normalized spacial score (nSPS) is 21.3. The molecule has 3 nitrogen and oxygen atoms in total. The number of hydrogen-bond acceptors (Lipinski definition) is 3. The van der Waals surface area contributed by atoms with Gasteiger partial charge in [0.1, 0.15) is 0 Å². The fraction of sp³-hybridized carbons (Fsp3) is 0.615. The smallest absolute Gasteiger partial charge is 0.0372 e. The van der Waals surface area contributed by atoms with Crippen molar-refractivity contribution in [1.82, 2.24) is 15.2 Å². The molecule has 2 rings (SSSR count). The van der Waals surface area contributed by atoms with Crippen molar-refractivity contribution in [2.45, 2.75) is 32.4 Å². The summed E-state index contributed by atoms with van der Waals surface area (Å²) < 4.78 is 0. The van der Waals surface area contributed by atoms with E-state index in [0.29, 0.717) is 6.04 Å². The first-order chi connectivity index (χ1) is 7.75. The quantitative estimate of drug-likeness (QED) is 0.836. The predicted octanol–water partition coefficient (Wildman–Crippen LogP) is 1.57. The Hall–Kier alpha value is -0.930. The van der Waals surface area contributed by atoms with Crippen molar-refractivity contribution in [1.29, 1.82) is 0 Å². The summed E-state index contributed by atoms with van der Waals surface area (Å²) in [7, 11) is 2.21. The zero-order chi connectivity index (χ0) is 11.4. The Morgan fingerprint density at radius 1 is 1.50 bits per heavy atom. The molecular formula is C13H21N3. The summed E-state index contributed by atoms with van der Waals surface area (Å²) in [5, 5.41) is 3.45. The average molecular weight is 219 g/mol. The van der Waals surface area contributed by atoms with Gasteiger partial charge in [0.15, 0.2) is 0 Å². The number of aryl methyl sites for hydroxylation is 1. The van der Waals surface area contributed by atoms with Crippen LogP contribution in [0, 0.1) is 6.92 Å². The van der Waals surface area contributed by atoms with Crippen molar-refractivity contribution in [2.75, 3.05) is 20.1 Å². The molecule has 1 aliphatic rings. The lowest BCUT2D eigenvalue weighted by Gasteiger charge is -2.31. The number of aromatic nitrogens is 1. The van der Waals surface area contributed by atoms with E-state index in [1.165, 1.54) is 24.9 Å². The molecule has 0 amide bonds. The van der Waals surface area contributed by atoms with Crippen molar-refractivity contribution in [3.05, 3.63) is 29.6 Å². The SMILES string of the molecule is Cc1ccc(CN(C)C2CCCNC2)cn1. The van der Waals surface area contributed by atoms with E-state index in [-0.39, 0.29) is 0 Å². The molecular weight excluding hydrogens is 198 g/mol. The maximum atomic E-state index is 4.34. The van der Waals surface area contributed by atoms with E-state index in [4.69, 9.17) is 0 Å². The van der Waals surface area contributed by atoms with Gasteiger partial charge in [-0.25, -0.2) is 0 Å². The van der Waals surface area contributed by atoms with Gasteiger partial charge in [0.25, 0.3) is 0 Å². The van der Waals surface area contributed by atoms with Crippen molar-refractivity contribution < 1.29 is 0 Å². The summed E-state index contributed by atoms with van der Waals surface area (Å²) in [5.74, 6) is 0. The Labute approximate surface area is 97.9 Å². The summed E-state index contributed by atoms with van der Waals surface area (Å²) >= 11 is 0. The maximum absolute atomic E-state index is 4.34. The molecule has 3 heteroatoms. The van der Waals surface area contributed by atoms with E-state index >= 15 is 0 Å². The number of likely N-dealkylation sites (N-methyl/N-ethyl adjacent to an activating group) is 1. The van der Waals surface area contributed by atoms with Gasteiger partial charge >= 0.3 is 0 Å². The molecule has 1 aromatic rings. The van der Waals surface area contributed by atoms with Crippen LogP contribution in [-0.4, -0.2) is 36.1 Å². The molecule has 2 heterocycles. The number of rotatable bonds is 3. The van der Waals surface area contributed by atoms with Crippen molar-refractivity contribution >= 4 is 0 Å². The van der Waals surface area contributed by atoms with E-state index in [1.54, 1.807) is 0 Å². The van der Waals surface area contributed by atoms with Gasteiger partial charge in [-0.05, 0) is 45.0 Å². The fourth-order valence-corrected chi connectivity index (χ4v) is 2.22. The van der Waals surface area contributed by atoms with Gasteiger partial charge in [-0.1, -0.05) is 6.07 Å². The lowest BCUT2D eigenvalue weighted by molar-refractivity contribution is 0.195. The molecule has 0 aliphatic carbocycles. The largest absolute Gasteiger partial charge is 0.315 e. The Morgan fingerprint density at radius 3 is 3.00 bits per heavy atom. The second kappa shape index (κ2) is 5.41. The van der Waals surface area contributed by atoms with Gasteiger partial charge in [-0.3, -0.25) is 9.88 Å². The highest BCUT2D eigenvalue weighted by Crippen LogP contribution is 2.12. The predicted molar refractivity (Wildman–Crippen MR) is 66.3 cm³/mol. The van der Waals surface area contributed by atoms with Crippen LogP contribution in [-0.2, 0) is 6.54 Å². The first-order valence-electron chi connectivity index (χ1n) is 6.08. The lowest BCUT2D eigenvalue weighted by Crippen LogP contribution is -2.43. The van der Waals surface area contributed by atoms with E-state index in [2.05, 4.69) is 34.4 Å². The average Bonchev–Trinajstić information content (AvgIpc) is 2.33. The Morgan fingerprint density at radius 2 is 2.38 bits per heavy atom. The standard InChI is InChI=1S/C13H21N3/c1-11-5-6-12(8-15-11)10-16(2)13-4-3-7-14-9-13/h5-6,8,13-14H,3-4,7,9-10H2,1-2H3. The van der Waals surface area contributed by atoms with Gasteiger partial charge < -0.3 is 5.32 Å². The Kier molecular flexibility index (Phi) is 3.91. The molecule has 1 aromatic heterocycles. The third-order valence-electron chi connectivity index (χ3n) is 3.30. The van der Waals surface area contributed by atoms with Gasteiger partial charge in [0.05, 0.1) is 0 Å². The van der Waals surface area contributed by atoms with E-state index in [1.807, 2.05) is 13.1 Å². The monoisotopic (exact) mass is 219 g/mol. The second-order valence-electron chi connectivity index (χ2n) is 4.72. The maximum Gasteiger partial charge on any atom is 0.0372 e. The highest BCUT2D eigenvalue weighted by Gasteiger charge is 2.17. The van der Waals surface area contributed by atoms with Crippen molar-refractivity contribution in [3.63, 3.8) is 0 Å². The number of pyridine rings is 1. The zero-order valence-electron chi connectivity index (χ0n) is 10.2. The Bertz CT molecular complexity index is 314. The van der Waals surface area contributed by atoms with Crippen LogP contribution < -0.4 is 5.32 Å². The van der Waals surface area contributed by atoms with Crippen LogP contribution in [0.2, 0.25) is 0 Å². The minimum Gasteiger partial charge on any atom is -0.315 e. The molecule has 1 saturated heterocycles. The molecule has 1 N–H and O–H groups in total. The molecule has 0 spiro atoms. The highest BCUT2D eigenvalue weighted by atomic mass is 15.2. The van der Waals surface area contributed by atoms with Gasteiger partial charge in [0.2, 0.25) is 0 Å². The van der Waals surface area contributed by atoms with Crippen LogP contribution in [0.5, 0.6) is 0 Å². The molecule has 0 aromatic carbocycles. The summed E-state index contributed by atoms with van der Waals surface area (Å²) in [6, 6.07) is 4.94. The van der Waals surface area contributed by atoms with Gasteiger partial charge in [-0.15, -0.1) is 0 Å². The summed E-state index contributed by atoms with van der Waals surface area (Å²) in [6.45, 7) is 5.32. The third kappa shape index (κ3) is 3.03. The van der Waals surface area contributed by atoms with Crippen LogP contribution in [0.4, 0.5) is 0 Å². The minimum absolute atomic E-state index is 0.676. The Balaban J connectivity index is 1.90. The fourth-order valence-electron chi connectivity index (χ4n) is 2.22. The topological polar surface area (TPSA) is 28.2 Å². The first kappa shape index (κ1) is 11.6. The molecule has 1 atom stereocenters. The third-order valence-corrected chi connectivity index (χ3v) is 3.30. The summed E-state index contributed by atoms with van der Waals surface area (Å²) in [4.78, 5) is 6.76. The molecule has 0 radical (unpaired) electrons. The lowest BCUT2D eigenvalue weighted by atomic mass is 10.1. The van der Waals surface area contributed by atoms with Crippen LogP contribution in [0.25, 0.3) is 0 Å².